The van der Waals surface area contributed by atoms with Crippen molar-refractivity contribution >= 4 is 34.1 Å². The molecule has 0 radical (unpaired) electrons. The first kappa shape index (κ1) is 21.1. The predicted molar refractivity (Wildman–Crippen MR) is 106 cm³/mol. The Labute approximate surface area is 172 Å². The van der Waals surface area contributed by atoms with E-state index < -0.39 is 17.9 Å². The number of rotatable bonds is 7. The Bertz CT molecular complexity index is 984. The molecule has 7 nitrogen and oxygen atoms in total. The van der Waals surface area contributed by atoms with Crippen molar-refractivity contribution < 1.29 is 18.0 Å². The minimum atomic E-state index is -4.71. The molecule has 0 aliphatic heterocycles. The quantitative estimate of drug-likeness (QED) is 0.426. The number of anilines is 1. The molecule has 0 saturated heterocycles. The minimum absolute atomic E-state index is 0.187. The van der Waals surface area contributed by atoms with Crippen LogP contribution < -0.4 is 11.2 Å². The fourth-order valence-electron chi connectivity index (χ4n) is 2.45. The van der Waals surface area contributed by atoms with Crippen LogP contribution in [0.5, 0.6) is 0 Å². The highest BCUT2D eigenvalue weighted by molar-refractivity contribution is 7.99. The summed E-state index contributed by atoms with van der Waals surface area (Å²) in [6.45, 7) is 2.12. The topological polar surface area (TPSA) is 98.7 Å². The molecule has 0 fully saturated rings. The van der Waals surface area contributed by atoms with Crippen LogP contribution in [-0.2, 0) is 17.4 Å². The molecule has 0 aliphatic carbocycles. The summed E-state index contributed by atoms with van der Waals surface area (Å²) in [7, 11) is 0. The lowest BCUT2D eigenvalue weighted by molar-refractivity contribution is -0.146. The number of thioether (sulfide) groups is 1. The third-order valence-electron chi connectivity index (χ3n) is 3.79. The highest BCUT2D eigenvalue weighted by Gasteiger charge is 2.38. The molecule has 3 N–H and O–H groups in total. The Morgan fingerprint density at radius 1 is 1.28 bits per heavy atom. The largest absolute Gasteiger partial charge is 0.453 e. The van der Waals surface area contributed by atoms with Crippen molar-refractivity contribution in [1.29, 1.82) is 0 Å². The van der Waals surface area contributed by atoms with E-state index in [1.54, 1.807) is 0 Å². The number of nitrogens with zero attached hydrogens (tertiary/aromatic N) is 4. The van der Waals surface area contributed by atoms with Crippen molar-refractivity contribution in [2.75, 3.05) is 16.9 Å². The van der Waals surface area contributed by atoms with Crippen LogP contribution in [0.2, 0.25) is 0 Å². The van der Waals surface area contributed by atoms with Crippen LogP contribution in [0.4, 0.5) is 18.3 Å². The lowest BCUT2D eigenvalue weighted by atomic mass is 10.1. The van der Waals surface area contributed by atoms with Gasteiger partial charge in [-0.15, -0.1) is 21.5 Å². The summed E-state index contributed by atoms with van der Waals surface area (Å²) in [5.41, 5.74) is 2.92. The summed E-state index contributed by atoms with van der Waals surface area (Å²) in [6.07, 6.45) is -2.63. The van der Waals surface area contributed by atoms with E-state index in [2.05, 4.69) is 27.4 Å². The van der Waals surface area contributed by atoms with Gasteiger partial charge in [0.2, 0.25) is 11.1 Å². The van der Waals surface area contributed by atoms with Gasteiger partial charge in [0.05, 0.1) is 11.4 Å². The summed E-state index contributed by atoms with van der Waals surface area (Å²) in [5, 5.41) is 11.0. The molecule has 0 atom stereocenters. The number of thiazole rings is 1. The van der Waals surface area contributed by atoms with Crippen LogP contribution >= 0.6 is 23.1 Å². The zero-order valence-electron chi connectivity index (χ0n) is 15.2. The van der Waals surface area contributed by atoms with Crippen LogP contribution in [0.3, 0.4) is 0 Å². The summed E-state index contributed by atoms with van der Waals surface area (Å²) in [6, 6.07) is 8.05. The van der Waals surface area contributed by atoms with Crippen molar-refractivity contribution in [1.82, 2.24) is 19.9 Å². The van der Waals surface area contributed by atoms with E-state index in [9.17, 15) is 18.0 Å². The Balaban J connectivity index is 1.57. The lowest BCUT2D eigenvalue weighted by Gasteiger charge is -2.05. The van der Waals surface area contributed by atoms with E-state index in [-0.39, 0.29) is 10.9 Å². The molecule has 154 valence electrons. The normalized spacial score (nSPS) is 11.6. The number of amides is 1. The molecule has 29 heavy (non-hydrogen) atoms. The number of halogens is 3. The molecule has 2 heterocycles. The van der Waals surface area contributed by atoms with Crippen molar-refractivity contribution in [3.63, 3.8) is 0 Å². The van der Waals surface area contributed by atoms with Gasteiger partial charge in [-0.1, -0.05) is 49.4 Å². The Morgan fingerprint density at radius 3 is 2.62 bits per heavy atom. The maximum Gasteiger partial charge on any atom is 0.453 e. The molecule has 0 spiro atoms. The van der Waals surface area contributed by atoms with Gasteiger partial charge in [-0.2, -0.15) is 13.2 Å². The SMILES string of the molecule is CCCc1ccc(-c2csc(NC(=O)CSc3nnc(C(F)(F)F)n3N)n2)cc1. The van der Waals surface area contributed by atoms with Gasteiger partial charge in [0.25, 0.3) is 5.82 Å². The Hall–Kier alpha value is -2.60. The highest BCUT2D eigenvalue weighted by atomic mass is 32.2. The molecule has 12 heteroatoms. The smallest absolute Gasteiger partial charge is 0.335 e. The molecule has 1 amide bonds. The minimum Gasteiger partial charge on any atom is -0.335 e. The molecular formula is C17H17F3N6OS2. The zero-order valence-corrected chi connectivity index (χ0v) is 16.9. The molecule has 3 rings (SSSR count). The first-order chi connectivity index (χ1) is 13.8. The van der Waals surface area contributed by atoms with E-state index in [1.807, 2.05) is 29.6 Å². The second kappa shape index (κ2) is 8.82. The maximum atomic E-state index is 12.7. The molecular weight excluding hydrogens is 425 g/mol. The molecule has 3 aromatic rings. The van der Waals surface area contributed by atoms with Crippen molar-refractivity contribution in [3.8, 4) is 11.3 Å². The zero-order chi connectivity index (χ0) is 21.0. The van der Waals surface area contributed by atoms with Gasteiger partial charge in [-0.3, -0.25) is 4.79 Å². The molecule has 2 aromatic heterocycles. The van der Waals surface area contributed by atoms with Crippen LogP contribution in [0.25, 0.3) is 11.3 Å². The number of aryl methyl sites for hydroxylation is 1. The Morgan fingerprint density at radius 2 is 2.00 bits per heavy atom. The first-order valence-corrected chi connectivity index (χ1v) is 10.4. The van der Waals surface area contributed by atoms with E-state index in [0.717, 1.165) is 35.9 Å². The monoisotopic (exact) mass is 442 g/mol. The fraction of sp³-hybridized carbons (Fsp3) is 0.294. The predicted octanol–water partition coefficient (Wildman–Crippen LogP) is 3.82. The van der Waals surface area contributed by atoms with Crippen LogP contribution in [0, 0.1) is 0 Å². The molecule has 0 unspecified atom stereocenters. The van der Waals surface area contributed by atoms with E-state index in [0.29, 0.717) is 9.81 Å². The van der Waals surface area contributed by atoms with E-state index in [4.69, 9.17) is 5.84 Å². The van der Waals surface area contributed by atoms with Crippen molar-refractivity contribution in [3.05, 3.63) is 41.0 Å². The van der Waals surface area contributed by atoms with Crippen LogP contribution in [0.1, 0.15) is 24.7 Å². The highest BCUT2D eigenvalue weighted by Crippen LogP contribution is 2.29. The first-order valence-electron chi connectivity index (χ1n) is 8.53. The molecule has 0 saturated carbocycles. The third-order valence-corrected chi connectivity index (χ3v) is 5.49. The number of nitrogen functional groups attached to an aromatic ring is 1. The van der Waals surface area contributed by atoms with Crippen LogP contribution in [0.15, 0.2) is 34.8 Å². The van der Waals surface area contributed by atoms with E-state index >= 15 is 0 Å². The van der Waals surface area contributed by atoms with Gasteiger partial charge >= 0.3 is 6.18 Å². The van der Waals surface area contributed by atoms with Gasteiger partial charge in [-0.25, -0.2) is 9.66 Å². The number of nitrogens with two attached hydrogens (primary N) is 1. The van der Waals surface area contributed by atoms with Gasteiger partial charge in [0, 0.05) is 10.9 Å². The molecule has 1 aromatic carbocycles. The third kappa shape index (κ3) is 5.26. The van der Waals surface area contributed by atoms with Gasteiger partial charge in [-0.05, 0) is 12.0 Å². The van der Waals surface area contributed by atoms with Gasteiger partial charge in [0.15, 0.2) is 5.13 Å². The van der Waals surface area contributed by atoms with Gasteiger partial charge in [0.1, 0.15) is 0 Å². The maximum absolute atomic E-state index is 12.7. The Kier molecular flexibility index (Phi) is 6.42. The number of hydrogen-bond donors (Lipinski definition) is 2. The average Bonchev–Trinajstić information content (AvgIpc) is 3.27. The number of aromatic nitrogens is 4. The number of nitrogens with one attached hydrogen (secondary N) is 1. The van der Waals surface area contributed by atoms with Crippen LogP contribution in [-0.4, -0.2) is 31.5 Å². The summed E-state index contributed by atoms with van der Waals surface area (Å²) in [5.74, 6) is 3.38. The van der Waals surface area contributed by atoms with E-state index in [1.165, 1.54) is 16.9 Å². The molecule has 0 bridgehead atoms. The average molecular weight is 442 g/mol. The summed E-state index contributed by atoms with van der Waals surface area (Å²) in [4.78, 5) is 16.5. The second-order valence-corrected chi connectivity index (χ2v) is 7.80. The number of alkyl halides is 3. The fourth-order valence-corrected chi connectivity index (χ4v) is 3.84. The number of benzene rings is 1. The van der Waals surface area contributed by atoms with Gasteiger partial charge < -0.3 is 11.2 Å². The van der Waals surface area contributed by atoms with Crippen molar-refractivity contribution in [2.45, 2.75) is 31.1 Å². The number of carbonyl (C=O) groups is 1. The molecule has 0 aliphatic rings. The number of carbonyl (C=O) groups excluding carboxylic acids is 1. The number of hydrogen-bond acceptors (Lipinski definition) is 7. The standard InChI is InChI=1S/C17H17F3N6OS2/c1-2-3-10-4-6-11(7-5-10)12-8-28-15(22-12)23-13(27)9-29-16-25-24-14(26(16)21)17(18,19)20/h4-8H,2-3,9,21H2,1H3,(H,22,23,27). The summed E-state index contributed by atoms with van der Waals surface area (Å²) >= 11 is 2.01. The second-order valence-electron chi connectivity index (χ2n) is 6.00. The van der Waals surface area contributed by atoms with Crippen molar-refractivity contribution in [2.24, 2.45) is 0 Å². The lowest BCUT2D eigenvalue weighted by Crippen LogP contribution is -2.22. The summed E-state index contributed by atoms with van der Waals surface area (Å²) < 4.78 is 38.3.